The van der Waals surface area contributed by atoms with Crippen molar-refractivity contribution in [1.82, 2.24) is 0 Å². The zero-order valence-electron chi connectivity index (χ0n) is 25.0. The second kappa shape index (κ2) is 21.6. The first-order valence-corrected chi connectivity index (χ1v) is 17.5. The molecule has 2 rings (SSSR count). The molecule has 0 unspecified atom stereocenters. The smallest absolute Gasteiger partial charge is 0.178 e. The molecule has 0 aliphatic rings. The van der Waals surface area contributed by atoms with Crippen molar-refractivity contribution in [3.05, 3.63) is 59.7 Å². The van der Waals surface area contributed by atoms with Gasteiger partial charge in [-0.2, -0.15) is 0 Å². The van der Waals surface area contributed by atoms with Gasteiger partial charge in [0.15, 0.2) is 9.84 Å². The fraction of sp³-hybridized carbons (Fsp3) is 0.600. The molecule has 0 saturated heterocycles. The van der Waals surface area contributed by atoms with Gasteiger partial charge in [0, 0.05) is 6.61 Å². The molecule has 0 aliphatic carbocycles. The van der Waals surface area contributed by atoms with E-state index < -0.39 is 9.84 Å². The first-order chi connectivity index (χ1) is 19.5. The SMILES string of the molecule is CCCCCCCCCCCCCCCCCCOc1ccc(C=Cc2ccc(S(=O)(=O)CCCO)cc2)cc1. The molecule has 0 fully saturated rings. The standard InChI is InChI=1S/C35H54O4S/c1-2-3-4-5-6-7-8-9-10-11-12-13-14-15-16-17-30-39-34-25-21-32(22-26-34)19-20-33-23-27-35(28-24-33)40(37,38)31-18-29-36/h19-28,36H,2-18,29-31H2,1H3. The zero-order chi connectivity index (χ0) is 28.7. The Balaban J connectivity index is 1.49. The van der Waals surface area contributed by atoms with Crippen LogP contribution in [0.3, 0.4) is 0 Å². The maximum atomic E-state index is 12.2. The van der Waals surface area contributed by atoms with E-state index in [0.29, 0.717) is 4.90 Å². The van der Waals surface area contributed by atoms with E-state index in [2.05, 4.69) is 6.92 Å². The molecule has 0 saturated carbocycles. The number of unbranched alkanes of at least 4 members (excludes halogenated alkanes) is 15. The Morgan fingerprint density at radius 3 is 1.48 bits per heavy atom. The molecule has 0 radical (unpaired) electrons. The highest BCUT2D eigenvalue weighted by molar-refractivity contribution is 7.91. The Labute approximate surface area is 245 Å². The fourth-order valence-corrected chi connectivity index (χ4v) is 6.16. The van der Waals surface area contributed by atoms with E-state index in [1.54, 1.807) is 24.3 Å². The number of hydrogen-bond acceptors (Lipinski definition) is 4. The maximum absolute atomic E-state index is 12.2. The third kappa shape index (κ3) is 15.6. The highest BCUT2D eigenvalue weighted by Crippen LogP contribution is 2.18. The second-order valence-electron chi connectivity index (χ2n) is 11.0. The molecule has 0 aromatic heterocycles. The normalized spacial score (nSPS) is 11.8. The van der Waals surface area contributed by atoms with E-state index in [1.165, 1.54) is 96.3 Å². The largest absolute Gasteiger partial charge is 0.494 e. The lowest BCUT2D eigenvalue weighted by molar-refractivity contribution is 0.295. The van der Waals surface area contributed by atoms with Gasteiger partial charge < -0.3 is 9.84 Å². The van der Waals surface area contributed by atoms with E-state index in [0.717, 1.165) is 29.9 Å². The topological polar surface area (TPSA) is 63.6 Å². The molecule has 2 aromatic carbocycles. The minimum Gasteiger partial charge on any atom is -0.494 e. The van der Waals surface area contributed by atoms with Gasteiger partial charge in [0.1, 0.15) is 5.75 Å². The van der Waals surface area contributed by atoms with E-state index in [1.807, 2.05) is 36.4 Å². The van der Waals surface area contributed by atoms with Crippen LogP contribution < -0.4 is 4.74 Å². The lowest BCUT2D eigenvalue weighted by atomic mass is 10.0. The predicted molar refractivity (Wildman–Crippen MR) is 171 cm³/mol. The van der Waals surface area contributed by atoms with Crippen molar-refractivity contribution < 1.29 is 18.3 Å². The van der Waals surface area contributed by atoms with E-state index >= 15 is 0 Å². The van der Waals surface area contributed by atoms with Gasteiger partial charge in [-0.15, -0.1) is 0 Å². The number of ether oxygens (including phenoxy) is 1. The molecule has 1 N–H and O–H groups in total. The summed E-state index contributed by atoms with van der Waals surface area (Å²) in [6.07, 6.45) is 26.2. The molecule has 0 atom stereocenters. The molecular weight excluding hydrogens is 516 g/mol. The average molecular weight is 571 g/mol. The molecule has 2 aromatic rings. The van der Waals surface area contributed by atoms with Gasteiger partial charge in [-0.1, -0.05) is 140 Å². The Hall–Kier alpha value is -2.11. The third-order valence-electron chi connectivity index (χ3n) is 7.43. The molecule has 4 nitrogen and oxygen atoms in total. The maximum Gasteiger partial charge on any atom is 0.178 e. The Kier molecular flexibility index (Phi) is 18.4. The summed E-state index contributed by atoms with van der Waals surface area (Å²) in [5.74, 6) is 0.864. The van der Waals surface area contributed by atoms with Crippen LogP contribution in [0.5, 0.6) is 5.75 Å². The zero-order valence-corrected chi connectivity index (χ0v) is 25.8. The molecule has 0 spiro atoms. The van der Waals surface area contributed by atoms with Crippen LogP contribution in [0.1, 0.15) is 127 Å². The van der Waals surface area contributed by atoms with Crippen LogP contribution in [-0.2, 0) is 9.84 Å². The van der Waals surface area contributed by atoms with Gasteiger partial charge in [-0.05, 0) is 48.2 Å². The minimum atomic E-state index is -3.33. The Morgan fingerprint density at radius 2 is 1.02 bits per heavy atom. The molecule has 0 bridgehead atoms. The van der Waals surface area contributed by atoms with E-state index in [4.69, 9.17) is 9.84 Å². The first kappa shape index (κ1) is 34.1. The van der Waals surface area contributed by atoms with Gasteiger partial charge in [0.2, 0.25) is 0 Å². The van der Waals surface area contributed by atoms with Crippen LogP contribution in [-0.4, -0.2) is 32.5 Å². The predicted octanol–water partition coefficient (Wildman–Crippen LogP) is 9.65. The quantitative estimate of drug-likeness (QED) is 0.101. The van der Waals surface area contributed by atoms with Gasteiger partial charge in [-0.25, -0.2) is 8.42 Å². The molecule has 224 valence electrons. The van der Waals surface area contributed by atoms with Crippen LogP contribution in [0.15, 0.2) is 53.4 Å². The lowest BCUT2D eigenvalue weighted by Crippen LogP contribution is -2.08. The second-order valence-corrected chi connectivity index (χ2v) is 13.1. The highest BCUT2D eigenvalue weighted by Gasteiger charge is 2.13. The molecule has 0 heterocycles. The number of sulfone groups is 1. The van der Waals surface area contributed by atoms with Crippen LogP contribution >= 0.6 is 0 Å². The van der Waals surface area contributed by atoms with Crippen molar-refractivity contribution in [3.63, 3.8) is 0 Å². The van der Waals surface area contributed by atoms with Gasteiger partial charge >= 0.3 is 0 Å². The van der Waals surface area contributed by atoms with Crippen LogP contribution in [0, 0.1) is 0 Å². The Bertz CT molecular complexity index is 1010. The van der Waals surface area contributed by atoms with Gasteiger partial charge in [0.25, 0.3) is 0 Å². The highest BCUT2D eigenvalue weighted by atomic mass is 32.2. The fourth-order valence-electron chi connectivity index (χ4n) is 4.87. The summed E-state index contributed by atoms with van der Waals surface area (Å²) in [6, 6.07) is 14.9. The van der Waals surface area contributed by atoms with Crippen molar-refractivity contribution in [1.29, 1.82) is 0 Å². The molecule has 40 heavy (non-hydrogen) atoms. The number of hydrogen-bond donors (Lipinski definition) is 1. The molecule has 0 amide bonds. The van der Waals surface area contributed by atoms with Crippen molar-refractivity contribution in [2.45, 2.75) is 121 Å². The van der Waals surface area contributed by atoms with Crippen LogP contribution in [0.25, 0.3) is 12.2 Å². The number of benzene rings is 2. The Morgan fingerprint density at radius 1 is 0.600 bits per heavy atom. The monoisotopic (exact) mass is 570 g/mol. The van der Waals surface area contributed by atoms with Crippen molar-refractivity contribution in [2.75, 3.05) is 19.0 Å². The number of aliphatic hydroxyl groups is 1. The van der Waals surface area contributed by atoms with Gasteiger partial charge in [0.05, 0.1) is 17.3 Å². The number of aliphatic hydroxyl groups excluding tert-OH is 1. The third-order valence-corrected chi connectivity index (χ3v) is 9.24. The van der Waals surface area contributed by atoms with Crippen LogP contribution in [0.4, 0.5) is 0 Å². The number of rotatable bonds is 24. The van der Waals surface area contributed by atoms with E-state index in [9.17, 15) is 8.42 Å². The summed E-state index contributed by atoms with van der Waals surface area (Å²) in [6.45, 7) is 2.93. The first-order valence-electron chi connectivity index (χ1n) is 15.9. The summed E-state index contributed by atoms with van der Waals surface area (Å²) in [5.41, 5.74) is 2.00. The lowest BCUT2D eigenvalue weighted by Gasteiger charge is -2.07. The summed E-state index contributed by atoms with van der Waals surface area (Å²) in [5, 5.41) is 8.88. The molecule has 0 aliphatic heterocycles. The van der Waals surface area contributed by atoms with Crippen LogP contribution in [0.2, 0.25) is 0 Å². The summed E-state index contributed by atoms with van der Waals surface area (Å²) < 4.78 is 30.3. The summed E-state index contributed by atoms with van der Waals surface area (Å²) in [4.78, 5) is 0.295. The van der Waals surface area contributed by atoms with Crippen molar-refractivity contribution in [3.8, 4) is 5.75 Å². The van der Waals surface area contributed by atoms with Crippen molar-refractivity contribution in [2.24, 2.45) is 0 Å². The molecule has 5 heteroatoms. The summed E-state index contributed by atoms with van der Waals surface area (Å²) in [7, 11) is -3.33. The van der Waals surface area contributed by atoms with Gasteiger partial charge in [-0.3, -0.25) is 0 Å². The minimum absolute atomic E-state index is 0.0351. The van der Waals surface area contributed by atoms with E-state index in [-0.39, 0.29) is 18.8 Å². The van der Waals surface area contributed by atoms with Crippen molar-refractivity contribution >= 4 is 22.0 Å². The molecular formula is C35H54O4S. The average Bonchev–Trinajstić information content (AvgIpc) is 2.97. The summed E-state index contributed by atoms with van der Waals surface area (Å²) >= 11 is 0.